The van der Waals surface area contributed by atoms with Gasteiger partial charge in [0.05, 0.1) is 31.2 Å². The van der Waals surface area contributed by atoms with Gasteiger partial charge in [0, 0.05) is 18.2 Å². The standard InChI is InChI=1S/C25H32N4O4/c1-17(23-27-22-11-7-6-10-21(22)24(30)28-23)29(13-9-5-4-8-12-26)25(31)18-14-19(32-2)16-20(15-18)33-3/h6-7,10-11,14-17H,4-5,8-9,12-13,26H2,1-3H3,(H,27,28,30). The third-order valence-electron chi connectivity index (χ3n) is 5.71. The van der Waals surface area contributed by atoms with Crippen LogP contribution in [-0.4, -0.2) is 48.1 Å². The lowest BCUT2D eigenvalue weighted by Crippen LogP contribution is -2.36. The van der Waals surface area contributed by atoms with Crippen LogP contribution in [0.15, 0.2) is 47.3 Å². The van der Waals surface area contributed by atoms with Crippen molar-refractivity contribution in [3.8, 4) is 11.5 Å². The highest BCUT2D eigenvalue weighted by Gasteiger charge is 2.25. The Bertz CT molecular complexity index is 1120. The minimum absolute atomic E-state index is 0.186. The van der Waals surface area contributed by atoms with Crippen molar-refractivity contribution in [3.05, 3.63) is 64.2 Å². The first-order chi connectivity index (χ1) is 16.0. The third-order valence-corrected chi connectivity index (χ3v) is 5.71. The number of hydrogen-bond donors (Lipinski definition) is 2. The number of unbranched alkanes of at least 4 members (excludes halogenated alkanes) is 3. The molecule has 176 valence electrons. The highest BCUT2D eigenvalue weighted by Crippen LogP contribution is 2.27. The van der Waals surface area contributed by atoms with Gasteiger partial charge in [-0.1, -0.05) is 25.0 Å². The number of aromatic amines is 1. The number of carbonyl (C=O) groups excluding carboxylic acids is 1. The van der Waals surface area contributed by atoms with Crippen molar-refractivity contribution in [2.45, 2.75) is 38.6 Å². The Morgan fingerprint density at radius 1 is 1.06 bits per heavy atom. The maximum Gasteiger partial charge on any atom is 0.258 e. The van der Waals surface area contributed by atoms with Crippen molar-refractivity contribution >= 4 is 16.8 Å². The monoisotopic (exact) mass is 452 g/mol. The van der Waals surface area contributed by atoms with Crippen LogP contribution in [0.25, 0.3) is 10.9 Å². The molecule has 0 saturated carbocycles. The molecule has 3 rings (SSSR count). The maximum absolute atomic E-state index is 13.6. The first-order valence-corrected chi connectivity index (χ1v) is 11.2. The van der Waals surface area contributed by atoms with E-state index >= 15 is 0 Å². The molecule has 2 aromatic carbocycles. The van der Waals surface area contributed by atoms with Crippen molar-refractivity contribution in [2.75, 3.05) is 27.3 Å². The first-order valence-electron chi connectivity index (χ1n) is 11.2. The van der Waals surface area contributed by atoms with E-state index < -0.39 is 6.04 Å². The minimum Gasteiger partial charge on any atom is -0.497 e. The molecule has 0 spiro atoms. The molecule has 0 aliphatic heterocycles. The van der Waals surface area contributed by atoms with Crippen LogP contribution >= 0.6 is 0 Å². The molecule has 0 saturated heterocycles. The zero-order chi connectivity index (χ0) is 23.8. The number of nitrogens with two attached hydrogens (primary N) is 1. The smallest absolute Gasteiger partial charge is 0.258 e. The number of hydrogen-bond acceptors (Lipinski definition) is 6. The van der Waals surface area contributed by atoms with Crippen LogP contribution in [0.5, 0.6) is 11.5 Å². The molecule has 33 heavy (non-hydrogen) atoms. The van der Waals surface area contributed by atoms with E-state index in [0.717, 1.165) is 25.7 Å². The normalized spacial score (nSPS) is 11.9. The number of methoxy groups -OCH3 is 2. The average Bonchev–Trinajstić information content (AvgIpc) is 2.85. The number of carbonyl (C=O) groups is 1. The molecule has 0 aliphatic rings. The van der Waals surface area contributed by atoms with Crippen molar-refractivity contribution in [3.63, 3.8) is 0 Å². The topological polar surface area (TPSA) is 111 Å². The van der Waals surface area contributed by atoms with E-state index in [1.54, 1.807) is 55.5 Å². The first kappa shape index (κ1) is 24.3. The number of amides is 1. The van der Waals surface area contributed by atoms with Crippen LogP contribution in [0.1, 0.15) is 54.8 Å². The van der Waals surface area contributed by atoms with Crippen LogP contribution in [-0.2, 0) is 0 Å². The Hall–Kier alpha value is -3.39. The van der Waals surface area contributed by atoms with Crippen molar-refractivity contribution < 1.29 is 14.3 Å². The van der Waals surface area contributed by atoms with Gasteiger partial charge < -0.3 is 25.1 Å². The molecule has 8 heteroatoms. The van der Waals surface area contributed by atoms with Gasteiger partial charge in [0.25, 0.3) is 11.5 Å². The van der Waals surface area contributed by atoms with Gasteiger partial charge in [-0.05, 0) is 50.6 Å². The second kappa shape index (κ2) is 11.5. The summed E-state index contributed by atoms with van der Waals surface area (Å²) >= 11 is 0. The fraction of sp³-hybridized carbons (Fsp3) is 0.400. The van der Waals surface area contributed by atoms with E-state index in [-0.39, 0.29) is 11.5 Å². The van der Waals surface area contributed by atoms with Crippen molar-refractivity contribution in [2.24, 2.45) is 5.73 Å². The molecular weight excluding hydrogens is 420 g/mol. The van der Waals surface area contributed by atoms with Gasteiger partial charge in [0.1, 0.15) is 17.3 Å². The number of ether oxygens (including phenoxy) is 2. The van der Waals surface area contributed by atoms with Gasteiger partial charge in [-0.2, -0.15) is 0 Å². The Balaban J connectivity index is 1.95. The Morgan fingerprint density at radius 2 is 1.73 bits per heavy atom. The van der Waals surface area contributed by atoms with Crippen molar-refractivity contribution in [1.82, 2.24) is 14.9 Å². The van der Waals surface area contributed by atoms with Gasteiger partial charge in [-0.15, -0.1) is 0 Å². The summed E-state index contributed by atoms with van der Waals surface area (Å²) in [6.45, 7) is 3.05. The van der Waals surface area contributed by atoms with Crippen LogP contribution in [0.3, 0.4) is 0 Å². The molecule has 0 fully saturated rings. The average molecular weight is 453 g/mol. The van der Waals surface area contributed by atoms with Gasteiger partial charge >= 0.3 is 0 Å². The van der Waals surface area contributed by atoms with E-state index in [1.807, 2.05) is 13.0 Å². The quantitative estimate of drug-likeness (QED) is 0.430. The van der Waals surface area contributed by atoms with E-state index in [0.29, 0.717) is 46.9 Å². The number of para-hydroxylation sites is 1. The predicted molar refractivity (Wildman–Crippen MR) is 129 cm³/mol. The van der Waals surface area contributed by atoms with Crippen LogP contribution in [0.4, 0.5) is 0 Å². The molecule has 1 aromatic heterocycles. The zero-order valence-electron chi connectivity index (χ0n) is 19.5. The molecule has 0 radical (unpaired) electrons. The Morgan fingerprint density at radius 3 is 2.39 bits per heavy atom. The number of benzene rings is 2. The highest BCUT2D eigenvalue weighted by atomic mass is 16.5. The minimum atomic E-state index is -0.443. The van der Waals surface area contributed by atoms with Gasteiger partial charge in [0.2, 0.25) is 0 Å². The highest BCUT2D eigenvalue weighted by molar-refractivity contribution is 5.95. The molecule has 3 aromatic rings. The summed E-state index contributed by atoms with van der Waals surface area (Å²) in [4.78, 5) is 35.5. The Labute approximate surface area is 193 Å². The maximum atomic E-state index is 13.6. The van der Waals surface area contributed by atoms with E-state index in [2.05, 4.69) is 9.97 Å². The van der Waals surface area contributed by atoms with E-state index in [4.69, 9.17) is 15.2 Å². The number of H-pyrrole nitrogens is 1. The van der Waals surface area contributed by atoms with Gasteiger partial charge in [-0.25, -0.2) is 4.98 Å². The lowest BCUT2D eigenvalue weighted by molar-refractivity contribution is 0.0678. The summed E-state index contributed by atoms with van der Waals surface area (Å²) in [6.07, 6.45) is 3.73. The largest absolute Gasteiger partial charge is 0.497 e. The molecule has 1 amide bonds. The lowest BCUT2D eigenvalue weighted by atomic mass is 10.1. The molecule has 0 bridgehead atoms. The second-order valence-corrected chi connectivity index (χ2v) is 7.95. The third kappa shape index (κ3) is 5.90. The summed E-state index contributed by atoms with van der Waals surface area (Å²) in [5, 5.41) is 0.519. The molecule has 8 nitrogen and oxygen atoms in total. The predicted octanol–water partition coefficient (Wildman–Crippen LogP) is 3.66. The molecule has 3 N–H and O–H groups in total. The summed E-state index contributed by atoms with van der Waals surface area (Å²) in [6, 6.07) is 11.8. The van der Waals surface area contributed by atoms with Gasteiger partial charge in [0.15, 0.2) is 0 Å². The van der Waals surface area contributed by atoms with Crippen LogP contribution in [0.2, 0.25) is 0 Å². The summed E-state index contributed by atoms with van der Waals surface area (Å²) in [5.74, 6) is 1.33. The van der Waals surface area contributed by atoms with Crippen LogP contribution < -0.4 is 20.8 Å². The SMILES string of the molecule is COc1cc(OC)cc(C(=O)N(CCCCCCN)C(C)c2nc3ccccc3c(=O)[nH]2)c1. The second-order valence-electron chi connectivity index (χ2n) is 7.95. The lowest BCUT2D eigenvalue weighted by Gasteiger charge is -2.29. The van der Waals surface area contributed by atoms with E-state index in [1.165, 1.54) is 0 Å². The van der Waals surface area contributed by atoms with Crippen molar-refractivity contribution in [1.29, 1.82) is 0 Å². The number of nitrogens with one attached hydrogen (secondary N) is 1. The number of nitrogens with zero attached hydrogens (tertiary/aromatic N) is 2. The molecular formula is C25H32N4O4. The zero-order valence-corrected chi connectivity index (χ0v) is 19.5. The summed E-state index contributed by atoms with van der Waals surface area (Å²) in [5.41, 5.74) is 6.43. The Kier molecular flexibility index (Phi) is 8.43. The number of aromatic nitrogens is 2. The number of fused-ring (bicyclic) bond motifs is 1. The molecule has 1 heterocycles. The molecule has 0 aliphatic carbocycles. The fourth-order valence-corrected chi connectivity index (χ4v) is 3.80. The molecule has 1 atom stereocenters. The summed E-state index contributed by atoms with van der Waals surface area (Å²) in [7, 11) is 3.09. The van der Waals surface area contributed by atoms with E-state index in [9.17, 15) is 9.59 Å². The fourth-order valence-electron chi connectivity index (χ4n) is 3.80. The van der Waals surface area contributed by atoms with Gasteiger partial charge in [-0.3, -0.25) is 9.59 Å². The summed E-state index contributed by atoms with van der Waals surface area (Å²) < 4.78 is 10.7. The van der Waals surface area contributed by atoms with Crippen LogP contribution in [0, 0.1) is 0 Å². The molecule has 1 unspecified atom stereocenters. The number of rotatable bonds is 11.